The first-order valence-electron chi connectivity index (χ1n) is 13.3. The van der Waals surface area contributed by atoms with Crippen molar-refractivity contribution in [3.8, 4) is 5.75 Å². The zero-order valence-electron chi connectivity index (χ0n) is 22.8. The second-order valence-electron chi connectivity index (χ2n) is 9.60. The van der Waals surface area contributed by atoms with Crippen LogP contribution in [0, 0.1) is 13.8 Å². The maximum Gasteiger partial charge on any atom is 0.300 e. The topological polar surface area (TPSA) is 70.1 Å². The van der Waals surface area contributed by atoms with Gasteiger partial charge in [-0.1, -0.05) is 36.8 Å². The van der Waals surface area contributed by atoms with E-state index in [1.807, 2.05) is 69.3 Å². The van der Waals surface area contributed by atoms with Gasteiger partial charge in [-0.15, -0.1) is 0 Å². The molecule has 0 spiro atoms. The van der Waals surface area contributed by atoms with Crippen LogP contribution in [0.3, 0.4) is 0 Å². The van der Waals surface area contributed by atoms with Gasteiger partial charge in [-0.3, -0.25) is 14.5 Å². The van der Waals surface area contributed by atoms with Crippen molar-refractivity contribution in [3.63, 3.8) is 0 Å². The standard InChI is InChI=1S/C32H36N2O4/c1-6-19-38-27-18-13-24(20-22(27)5)30(35)28-29(23-11-16-25(17-12-23)33(7-2)8-3)34(32(37)31(28)36)26-14-9-21(4)10-15-26/h9-18,20,29,35H,6-8,19H2,1-5H3/b30-28-. The molecule has 0 radical (unpaired) electrons. The largest absolute Gasteiger partial charge is 0.507 e. The number of anilines is 2. The molecule has 6 nitrogen and oxygen atoms in total. The van der Waals surface area contributed by atoms with Crippen LogP contribution in [0.2, 0.25) is 0 Å². The van der Waals surface area contributed by atoms with Gasteiger partial charge >= 0.3 is 0 Å². The van der Waals surface area contributed by atoms with Crippen LogP contribution in [-0.4, -0.2) is 36.5 Å². The summed E-state index contributed by atoms with van der Waals surface area (Å²) in [6, 6.07) is 19.9. The number of carbonyl (C=O) groups excluding carboxylic acids is 2. The fourth-order valence-electron chi connectivity index (χ4n) is 4.90. The van der Waals surface area contributed by atoms with Gasteiger partial charge in [-0.25, -0.2) is 0 Å². The van der Waals surface area contributed by atoms with Crippen molar-refractivity contribution in [2.75, 3.05) is 29.5 Å². The number of aliphatic hydroxyl groups is 1. The van der Waals surface area contributed by atoms with Crippen molar-refractivity contribution in [1.82, 2.24) is 0 Å². The number of hydrogen-bond donors (Lipinski definition) is 1. The SMILES string of the molecule is CCCOc1ccc(/C(O)=C2/C(=O)C(=O)N(c3ccc(C)cc3)C2c2ccc(N(CC)CC)cc2)cc1C. The molecule has 1 saturated heterocycles. The van der Waals surface area contributed by atoms with Gasteiger partial charge < -0.3 is 14.7 Å². The van der Waals surface area contributed by atoms with Crippen LogP contribution >= 0.6 is 0 Å². The van der Waals surface area contributed by atoms with Crippen LogP contribution in [0.25, 0.3) is 5.76 Å². The molecule has 198 valence electrons. The van der Waals surface area contributed by atoms with E-state index in [0.717, 1.165) is 47.6 Å². The molecule has 3 aromatic rings. The van der Waals surface area contributed by atoms with Crippen molar-refractivity contribution in [2.24, 2.45) is 0 Å². The number of ether oxygens (including phenoxy) is 1. The summed E-state index contributed by atoms with van der Waals surface area (Å²) in [5.74, 6) is -0.828. The fraction of sp³-hybridized carbons (Fsp3) is 0.312. The highest BCUT2D eigenvalue weighted by atomic mass is 16.5. The highest BCUT2D eigenvalue weighted by Crippen LogP contribution is 2.43. The summed E-state index contributed by atoms with van der Waals surface area (Å²) < 4.78 is 5.78. The van der Waals surface area contributed by atoms with Crippen LogP contribution in [0.1, 0.15) is 55.5 Å². The van der Waals surface area contributed by atoms with Gasteiger partial charge in [-0.05, 0) is 87.7 Å². The van der Waals surface area contributed by atoms with Gasteiger partial charge in [0.2, 0.25) is 0 Å². The molecule has 1 fully saturated rings. The average molecular weight is 513 g/mol. The van der Waals surface area contributed by atoms with E-state index < -0.39 is 17.7 Å². The summed E-state index contributed by atoms with van der Waals surface area (Å²) in [7, 11) is 0. The van der Waals surface area contributed by atoms with Crippen LogP contribution in [-0.2, 0) is 9.59 Å². The third kappa shape index (κ3) is 5.17. The van der Waals surface area contributed by atoms with Crippen LogP contribution < -0.4 is 14.5 Å². The Bertz CT molecular complexity index is 1340. The maximum absolute atomic E-state index is 13.5. The van der Waals surface area contributed by atoms with Gasteiger partial charge in [0.25, 0.3) is 11.7 Å². The number of ketones is 1. The van der Waals surface area contributed by atoms with Crippen molar-refractivity contribution >= 4 is 28.8 Å². The Morgan fingerprint density at radius 1 is 0.921 bits per heavy atom. The van der Waals surface area contributed by atoms with E-state index in [1.54, 1.807) is 18.2 Å². The molecule has 0 saturated carbocycles. The quantitative estimate of drug-likeness (QED) is 0.200. The molecule has 1 atom stereocenters. The zero-order valence-corrected chi connectivity index (χ0v) is 22.8. The second kappa shape index (κ2) is 11.5. The molecule has 0 aromatic heterocycles. The monoisotopic (exact) mass is 512 g/mol. The number of benzene rings is 3. The first-order valence-corrected chi connectivity index (χ1v) is 13.3. The summed E-state index contributed by atoms with van der Waals surface area (Å²) in [6.07, 6.45) is 0.886. The molecule has 38 heavy (non-hydrogen) atoms. The minimum Gasteiger partial charge on any atom is -0.507 e. The number of nitrogens with zero attached hydrogens (tertiary/aromatic N) is 2. The van der Waals surface area contributed by atoms with E-state index in [2.05, 4.69) is 18.7 Å². The van der Waals surface area contributed by atoms with Crippen molar-refractivity contribution in [1.29, 1.82) is 0 Å². The summed E-state index contributed by atoms with van der Waals surface area (Å²) in [4.78, 5) is 30.6. The first-order chi connectivity index (χ1) is 18.3. The summed E-state index contributed by atoms with van der Waals surface area (Å²) in [5.41, 5.74) is 4.85. The number of carbonyl (C=O) groups is 2. The zero-order chi connectivity index (χ0) is 27.4. The molecule has 6 heteroatoms. The first kappa shape index (κ1) is 27.0. The van der Waals surface area contributed by atoms with Gasteiger partial charge in [-0.2, -0.15) is 0 Å². The molecule has 1 N–H and O–H groups in total. The Hall–Kier alpha value is -4.06. The number of rotatable bonds is 9. The lowest BCUT2D eigenvalue weighted by Gasteiger charge is -2.27. The lowest BCUT2D eigenvalue weighted by atomic mass is 9.94. The van der Waals surface area contributed by atoms with E-state index in [-0.39, 0.29) is 11.3 Å². The molecule has 4 rings (SSSR count). The minimum atomic E-state index is -0.764. The molecule has 1 aliphatic rings. The molecule has 3 aromatic carbocycles. The Balaban J connectivity index is 1.85. The van der Waals surface area contributed by atoms with E-state index in [0.29, 0.717) is 17.9 Å². The minimum absolute atomic E-state index is 0.0767. The van der Waals surface area contributed by atoms with Crippen molar-refractivity contribution in [3.05, 3.63) is 94.6 Å². The normalized spacial score (nSPS) is 16.7. The van der Waals surface area contributed by atoms with E-state index in [9.17, 15) is 14.7 Å². The van der Waals surface area contributed by atoms with Crippen LogP contribution in [0.4, 0.5) is 11.4 Å². The number of aryl methyl sites for hydroxylation is 2. The molecular weight excluding hydrogens is 476 g/mol. The number of aliphatic hydroxyl groups excluding tert-OH is 1. The van der Waals surface area contributed by atoms with Crippen molar-refractivity contribution < 1.29 is 19.4 Å². The lowest BCUT2D eigenvalue weighted by molar-refractivity contribution is -0.132. The molecule has 1 amide bonds. The van der Waals surface area contributed by atoms with E-state index in [4.69, 9.17) is 4.74 Å². The fourth-order valence-corrected chi connectivity index (χ4v) is 4.90. The Morgan fingerprint density at radius 3 is 2.16 bits per heavy atom. The number of amides is 1. The number of hydrogen-bond acceptors (Lipinski definition) is 5. The molecule has 1 heterocycles. The Kier molecular flexibility index (Phi) is 8.20. The molecule has 1 unspecified atom stereocenters. The third-order valence-electron chi connectivity index (χ3n) is 7.00. The summed E-state index contributed by atoms with van der Waals surface area (Å²) in [6.45, 7) is 12.4. The predicted octanol–water partition coefficient (Wildman–Crippen LogP) is 6.56. The van der Waals surface area contributed by atoms with E-state index in [1.165, 1.54) is 4.90 Å². The van der Waals surface area contributed by atoms with Crippen LogP contribution in [0.5, 0.6) is 5.75 Å². The predicted molar refractivity (Wildman–Crippen MR) is 153 cm³/mol. The summed E-state index contributed by atoms with van der Waals surface area (Å²) >= 11 is 0. The molecule has 0 aliphatic carbocycles. The van der Waals surface area contributed by atoms with Gasteiger partial charge in [0.05, 0.1) is 18.2 Å². The second-order valence-corrected chi connectivity index (χ2v) is 9.60. The smallest absolute Gasteiger partial charge is 0.300 e. The Morgan fingerprint density at radius 2 is 1.58 bits per heavy atom. The highest BCUT2D eigenvalue weighted by Gasteiger charge is 2.47. The maximum atomic E-state index is 13.5. The van der Waals surface area contributed by atoms with Gasteiger partial charge in [0.15, 0.2) is 0 Å². The Labute approximate surface area is 225 Å². The lowest BCUT2D eigenvalue weighted by Crippen LogP contribution is -2.29. The number of Topliss-reactive ketones (excluding diaryl/α,β-unsaturated/α-hetero) is 1. The summed E-state index contributed by atoms with van der Waals surface area (Å²) in [5, 5.41) is 11.5. The third-order valence-corrected chi connectivity index (χ3v) is 7.00. The van der Waals surface area contributed by atoms with Crippen molar-refractivity contribution in [2.45, 2.75) is 47.1 Å². The average Bonchev–Trinajstić information content (AvgIpc) is 3.19. The molecule has 1 aliphatic heterocycles. The highest BCUT2D eigenvalue weighted by molar-refractivity contribution is 6.51. The van der Waals surface area contributed by atoms with Gasteiger partial charge in [0, 0.05) is 30.0 Å². The molecular formula is C32H36N2O4. The van der Waals surface area contributed by atoms with Gasteiger partial charge in [0.1, 0.15) is 11.5 Å². The van der Waals surface area contributed by atoms with E-state index >= 15 is 0 Å². The van der Waals surface area contributed by atoms with Crippen LogP contribution in [0.15, 0.2) is 72.3 Å². The molecule has 0 bridgehead atoms.